The van der Waals surface area contributed by atoms with Crippen LogP contribution >= 0.6 is 0 Å². The van der Waals surface area contributed by atoms with Gasteiger partial charge in [0.25, 0.3) is 5.69 Å². The Hall–Kier alpha value is -2.52. The molecule has 1 aliphatic rings. The quantitative estimate of drug-likeness (QED) is 0.613. The lowest BCUT2D eigenvalue weighted by molar-refractivity contribution is -0.385. The number of nitrogens with zero attached hydrogens (tertiary/aromatic N) is 3. The van der Waals surface area contributed by atoms with Gasteiger partial charge in [0.2, 0.25) is 10.0 Å². The predicted molar refractivity (Wildman–Crippen MR) is 90.5 cm³/mol. The van der Waals surface area contributed by atoms with Crippen LogP contribution in [0.25, 0.3) is 0 Å². The van der Waals surface area contributed by atoms with Gasteiger partial charge in [-0.05, 0) is 18.2 Å². The average Bonchev–Trinajstić information content (AvgIpc) is 2.62. The van der Waals surface area contributed by atoms with E-state index >= 15 is 0 Å². The van der Waals surface area contributed by atoms with Gasteiger partial charge in [0.1, 0.15) is 0 Å². The van der Waals surface area contributed by atoms with Crippen LogP contribution in [0, 0.1) is 15.9 Å². The second-order valence-electron chi connectivity index (χ2n) is 5.60. The molecule has 0 atom stereocenters. The number of hydrogen-bond donors (Lipinski definition) is 0. The number of non-ortho nitro benzene ring substituents is 1. The summed E-state index contributed by atoms with van der Waals surface area (Å²) >= 11 is 0. The van der Waals surface area contributed by atoms with E-state index in [4.69, 9.17) is 0 Å². The molecule has 0 radical (unpaired) electrons. The van der Waals surface area contributed by atoms with Gasteiger partial charge in [-0.25, -0.2) is 12.8 Å². The van der Waals surface area contributed by atoms with Gasteiger partial charge in [-0.3, -0.25) is 10.1 Å². The smallest absolute Gasteiger partial charge is 0.272 e. The minimum Gasteiger partial charge on any atom is -0.367 e. The molecule has 1 fully saturated rings. The van der Waals surface area contributed by atoms with Crippen molar-refractivity contribution in [2.24, 2.45) is 0 Å². The fourth-order valence-corrected chi connectivity index (χ4v) is 4.22. The fourth-order valence-electron chi connectivity index (χ4n) is 2.78. The van der Waals surface area contributed by atoms with Crippen molar-refractivity contribution in [1.82, 2.24) is 4.31 Å². The number of sulfonamides is 1. The highest BCUT2D eigenvalue weighted by Gasteiger charge is 2.29. The van der Waals surface area contributed by atoms with Crippen molar-refractivity contribution >= 4 is 21.4 Å². The molecule has 25 heavy (non-hydrogen) atoms. The van der Waals surface area contributed by atoms with E-state index in [9.17, 15) is 22.9 Å². The van der Waals surface area contributed by atoms with Gasteiger partial charge in [0, 0.05) is 32.2 Å². The van der Waals surface area contributed by atoms with Crippen molar-refractivity contribution < 1.29 is 17.7 Å². The summed E-state index contributed by atoms with van der Waals surface area (Å²) in [5.41, 5.74) is -0.0751. The Kier molecular flexibility index (Phi) is 4.69. The van der Waals surface area contributed by atoms with Gasteiger partial charge < -0.3 is 4.90 Å². The van der Waals surface area contributed by atoms with Gasteiger partial charge in [0.05, 0.1) is 21.6 Å². The molecule has 7 nitrogen and oxygen atoms in total. The number of anilines is 1. The van der Waals surface area contributed by atoms with E-state index in [1.165, 1.54) is 28.6 Å². The number of halogens is 1. The van der Waals surface area contributed by atoms with Crippen molar-refractivity contribution in [3.8, 4) is 0 Å². The Balaban J connectivity index is 1.73. The molecule has 2 aromatic carbocycles. The molecule has 0 spiro atoms. The van der Waals surface area contributed by atoms with Gasteiger partial charge in [-0.15, -0.1) is 0 Å². The summed E-state index contributed by atoms with van der Waals surface area (Å²) in [6, 6.07) is 11.6. The Labute approximate surface area is 144 Å². The minimum atomic E-state index is -3.57. The van der Waals surface area contributed by atoms with Gasteiger partial charge >= 0.3 is 0 Å². The van der Waals surface area contributed by atoms with Gasteiger partial charge in [-0.2, -0.15) is 4.31 Å². The Bertz CT molecular complexity index is 882. The molecular formula is C16H16FN3O4S. The second-order valence-corrected chi connectivity index (χ2v) is 7.53. The fraction of sp³-hybridized carbons (Fsp3) is 0.250. The molecule has 132 valence electrons. The minimum absolute atomic E-state index is 0.216. The lowest BCUT2D eigenvalue weighted by atomic mass is 10.2. The first-order valence-corrected chi connectivity index (χ1v) is 9.08. The first-order valence-electron chi connectivity index (χ1n) is 7.64. The van der Waals surface area contributed by atoms with Crippen LogP contribution in [-0.4, -0.2) is 43.8 Å². The van der Waals surface area contributed by atoms with Crippen molar-refractivity contribution in [2.75, 3.05) is 31.1 Å². The number of nitro groups is 1. The highest BCUT2D eigenvalue weighted by Crippen LogP contribution is 2.26. The largest absolute Gasteiger partial charge is 0.367 e. The zero-order chi connectivity index (χ0) is 18.0. The van der Waals surface area contributed by atoms with E-state index in [1.807, 2.05) is 0 Å². The molecule has 1 heterocycles. The molecule has 1 saturated heterocycles. The van der Waals surface area contributed by atoms with E-state index in [1.54, 1.807) is 23.1 Å². The number of rotatable bonds is 4. The van der Waals surface area contributed by atoms with E-state index in [0.29, 0.717) is 13.1 Å². The molecule has 0 aromatic heterocycles. The average molecular weight is 365 g/mol. The Morgan fingerprint density at radius 2 is 1.64 bits per heavy atom. The third-order valence-electron chi connectivity index (χ3n) is 4.10. The van der Waals surface area contributed by atoms with Crippen LogP contribution in [0.5, 0.6) is 0 Å². The first kappa shape index (κ1) is 17.3. The topological polar surface area (TPSA) is 83.8 Å². The number of nitro benzene ring substituents is 1. The zero-order valence-electron chi connectivity index (χ0n) is 13.2. The van der Waals surface area contributed by atoms with E-state index < -0.39 is 20.8 Å². The molecule has 0 unspecified atom stereocenters. The highest BCUT2D eigenvalue weighted by molar-refractivity contribution is 7.89. The number of hydrogen-bond acceptors (Lipinski definition) is 5. The van der Waals surface area contributed by atoms with Crippen molar-refractivity contribution in [3.05, 3.63) is 64.5 Å². The number of piperazine rings is 1. The van der Waals surface area contributed by atoms with Gasteiger partial charge in [-0.1, -0.05) is 18.2 Å². The third kappa shape index (κ3) is 3.47. The normalized spacial score (nSPS) is 16.0. The molecule has 0 aliphatic carbocycles. The highest BCUT2D eigenvalue weighted by atomic mass is 32.2. The summed E-state index contributed by atoms with van der Waals surface area (Å²) in [5.74, 6) is -0.687. The molecule has 1 aliphatic heterocycles. The van der Waals surface area contributed by atoms with Crippen LogP contribution in [0.3, 0.4) is 0 Å². The van der Waals surface area contributed by atoms with Crippen LogP contribution < -0.4 is 4.90 Å². The molecular weight excluding hydrogens is 349 g/mol. The predicted octanol–water partition coefficient (Wildman–Crippen LogP) is 2.24. The van der Waals surface area contributed by atoms with Crippen molar-refractivity contribution in [1.29, 1.82) is 0 Å². The first-order chi connectivity index (χ1) is 11.9. The third-order valence-corrected chi connectivity index (χ3v) is 6.02. The molecule has 0 saturated carbocycles. The Morgan fingerprint density at radius 1 is 1.00 bits per heavy atom. The summed E-state index contributed by atoms with van der Waals surface area (Å²) in [6.45, 7) is 1.04. The lowest BCUT2D eigenvalue weighted by Gasteiger charge is -2.35. The monoisotopic (exact) mass is 365 g/mol. The maximum absolute atomic E-state index is 14.1. The van der Waals surface area contributed by atoms with E-state index in [-0.39, 0.29) is 29.4 Å². The second kappa shape index (κ2) is 6.77. The van der Waals surface area contributed by atoms with Crippen molar-refractivity contribution in [2.45, 2.75) is 4.90 Å². The SMILES string of the molecule is O=[N+]([O-])c1ccc(N2CCN(S(=O)(=O)c3ccccc3)CC2)c(F)c1. The van der Waals surface area contributed by atoms with Crippen LogP contribution in [0.15, 0.2) is 53.4 Å². The van der Waals surface area contributed by atoms with E-state index in [2.05, 4.69) is 0 Å². The zero-order valence-corrected chi connectivity index (χ0v) is 14.0. The lowest BCUT2D eigenvalue weighted by Crippen LogP contribution is -2.48. The summed E-state index contributed by atoms with van der Waals surface area (Å²) in [4.78, 5) is 11.9. The number of benzene rings is 2. The van der Waals surface area contributed by atoms with Crippen LogP contribution in [0.1, 0.15) is 0 Å². The molecule has 2 aromatic rings. The van der Waals surface area contributed by atoms with Gasteiger partial charge in [0.15, 0.2) is 5.82 Å². The Morgan fingerprint density at radius 3 is 2.20 bits per heavy atom. The summed E-state index contributed by atoms with van der Waals surface area (Å²) in [6.07, 6.45) is 0. The van der Waals surface area contributed by atoms with Crippen LogP contribution in [0.2, 0.25) is 0 Å². The maximum atomic E-state index is 14.1. The summed E-state index contributed by atoms with van der Waals surface area (Å²) in [5, 5.41) is 10.7. The molecule has 9 heteroatoms. The summed E-state index contributed by atoms with van der Waals surface area (Å²) in [7, 11) is -3.57. The maximum Gasteiger partial charge on any atom is 0.272 e. The van der Waals surface area contributed by atoms with E-state index in [0.717, 1.165) is 6.07 Å². The summed E-state index contributed by atoms with van der Waals surface area (Å²) < 4.78 is 40.6. The standard InChI is InChI=1S/C16H16FN3O4S/c17-15-12-13(20(21)22)6-7-16(15)18-8-10-19(11-9-18)25(23,24)14-4-2-1-3-5-14/h1-7,12H,8-11H2. The molecule has 0 N–H and O–H groups in total. The van der Waals surface area contributed by atoms with Crippen LogP contribution in [-0.2, 0) is 10.0 Å². The van der Waals surface area contributed by atoms with Crippen LogP contribution in [0.4, 0.5) is 15.8 Å². The molecule has 0 bridgehead atoms. The molecule has 0 amide bonds. The van der Waals surface area contributed by atoms with Crippen molar-refractivity contribution in [3.63, 3.8) is 0 Å². The molecule has 3 rings (SSSR count).